The second kappa shape index (κ2) is 8.10. The lowest BCUT2D eigenvalue weighted by atomic mass is 9.95. The number of nitrogens with one attached hydrogen (secondary N) is 2. The summed E-state index contributed by atoms with van der Waals surface area (Å²) in [6, 6.07) is 22.3. The molecule has 0 fully saturated rings. The maximum Gasteiger partial charge on any atom is 0.227 e. The molecule has 3 aromatic carbocycles. The van der Waals surface area contributed by atoms with Crippen molar-refractivity contribution in [2.24, 2.45) is 0 Å². The van der Waals surface area contributed by atoms with Crippen molar-refractivity contribution >= 4 is 28.9 Å². The van der Waals surface area contributed by atoms with Gasteiger partial charge in [0.15, 0.2) is 0 Å². The summed E-state index contributed by atoms with van der Waals surface area (Å²) < 4.78 is 0. The fraction of sp³-hybridized carbons (Fsp3) is 0.125. The fourth-order valence-corrected chi connectivity index (χ4v) is 3.33. The minimum Gasteiger partial charge on any atom is -0.352 e. The van der Waals surface area contributed by atoms with E-state index in [2.05, 4.69) is 51.8 Å². The number of carbonyl (C=O) groups excluding carboxylic acids is 1. The van der Waals surface area contributed by atoms with Crippen LogP contribution in [0.5, 0.6) is 0 Å². The van der Waals surface area contributed by atoms with Crippen molar-refractivity contribution in [1.82, 2.24) is 15.3 Å². The standard InChI is InChI=1S/C24H22N4O/c1-16-8-9-18(17(2)26-15-29)13-22(16)19-10-11-23-20(12-19)14-25-24(28-23)27-21-6-4-3-5-7-21/h3-15,17H,1-2H3,(H,26,29)(H,25,27,28). The minimum absolute atomic E-state index is 0.0396. The van der Waals surface area contributed by atoms with Crippen LogP contribution in [0.4, 0.5) is 11.6 Å². The molecule has 1 amide bonds. The average Bonchev–Trinajstić information content (AvgIpc) is 2.74. The molecule has 144 valence electrons. The zero-order valence-electron chi connectivity index (χ0n) is 16.4. The molecule has 0 aliphatic rings. The summed E-state index contributed by atoms with van der Waals surface area (Å²) in [6.07, 6.45) is 2.57. The van der Waals surface area contributed by atoms with Gasteiger partial charge in [-0.1, -0.05) is 36.4 Å². The summed E-state index contributed by atoms with van der Waals surface area (Å²) in [5, 5.41) is 7.01. The molecule has 5 heteroatoms. The number of carbonyl (C=O) groups is 1. The Kier molecular flexibility index (Phi) is 5.20. The molecule has 0 saturated heterocycles. The third kappa shape index (κ3) is 4.09. The number of amides is 1. The molecule has 2 N–H and O–H groups in total. The molecular weight excluding hydrogens is 360 g/mol. The zero-order chi connectivity index (χ0) is 20.2. The number of anilines is 2. The molecule has 0 bridgehead atoms. The van der Waals surface area contributed by atoms with E-state index in [0.29, 0.717) is 5.95 Å². The maximum absolute atomic E-state index is 10.8. The molecule has 0 radical (unpaired) electrons. The predicted octanol–water partition coefficient (Wildman–Crippen LogP) is 5.16. The summed E-state index contributed by atoms with van der Waals surface area (Å²) in [5.41, 5.74) is 6.31. The van der Waals surface area contributed by atoms with Crippen molar-refractivity contribution < 1.29 is 4.79 Å². The van der Waals surface area contributed by atoms with Crippen molar-refractivity contribution in [3.63, 3.8) is 0 Å². The molecule has 4 rings (SSSR count). The first-order valence-corrected chi connectivity index (χ1v) is 9.53. The number of para-hydroxylation sites is 1. The van der Waals surface area contributed by atoms with Crippen LogP contribution in [0.15, 0.2) is 72.9 Å². The number of nitrogens with zero attached hydrogens (tertiary/aromatic N) is 2. The molecule has 0 spiro atoms. The molecule has 5 nitrogen and oxygen atoms in total. The number of hydrogen-bond acceptors (Lipinski definition) is 4. The van der Waals surface area contributed by atoms with Gasteiger partial charge in [-0.05, 0) is 66.4 Å². The highest BCUT2D eigenvalue weighted by Gasteiger charge is 2.10. The van der Waals surface area contributed by atoms with E-state index in [9.17, 15) is 4.79 Å². The summed E-state index contributed by atoms with van der Waals surface area (Å²) in [4.78, 5) is 19.9. The predicted molar refractivity (Wildman–Crippen MR) is 117 cm³/mol. The van der Waals surface area contributed by atoms with E-state index < -0.39 is 0 Å². The smallest absolute Gasteiger partial charge is 0.227 e. The molecule has 1 heterocycles. The summed E-state index contributed by atoms with van der Waals surface area (Å²) >= 11 is 0. The van der Waals surface area contributed by atoms with Gasteiger partial charge in [-0.25, -0.2) is 9.97 Å². The fourth-order valence-electron chi connectivity index (χ4n) is 3.33. The van der Waals surface area contributed by atoms with E-state index in [0.717, 1.165) is 39.7 Å². The Labute approximate surface area is 169 Å². The van der Waals surface area contributed by atoms with E-state index in [-0.39, 0.29) is 6.04 Å². The van der Waals surface area contributed by atoms with Gasteiger partial charge >= 0.3 is 0 Å². The number of aromatic nitrogens is 2. The Balaban J connectivity index is 1.66. The second-order valence-corrected chi connectivity index (χ2v) is 7.04. The molecule has 0 aliphatic carbocycles. The van der Waals surface area contributed by atoms with Crippen molar-refractivity contribution in [3.05, 3.63) is 84.1 Å². The SMILES string of the molecule is Cc1ccc(C(C)NC=O)cc1-c1ccc2nc(Nc3ccccc3)ncc2c1. The highest BCUT2D eigenvalue weighted by molar-refractivity contribution is 5.85. The molecule has 1 aromatic heterocycles. The van der Waals surface area contributed by atoms with Gasteiger partial charge in [0.2, 0.25) is 12.4 Å². The second-order valence-electron chi connectivity index (χ2n) is 7.04. The number of aryl methyl sites for hydroxylation is 1. The molecular formula is C24H22N4O. The molecule has 4 aromatic rings. The Hall–Kier alpha value is -3.73. The minimum atomic E-state index is -0.0396. The third-order valence-electron chi connectivity index (χ3n) is 5.00. The van der Waals surface area contributed by atoms with E-state index in [4.69, 9.17) is 0 Å². The topological polar surface area (TPSA) is 66.9 Å². The molecule has 1 atom stereocenters. The largest absolute Gasteiger partial charge is 0.352 e. The van der Waals surface area contributed by atoms with Crippen LogP contribution in [0.25, 0.3) is 22.0 Å². The first-order chi connectivity index (χ1) is 14.1. The van der Waals surface area contributed by atoms with Gasteiger partial charge in [-0.2, -0.15) is 0 Å². The highest BCUT2D eigenvalue weighted by Crippen LogP contribution is 2.29. The molecule has 0 saturated carbocycles. The lowest BCUT2D eigenvalue weighted by molar-refractivity contribution is -0.110. The summed E-state index contributed by atoms with van der Waals surface area (Å²) in [6.45, 7) is 4.06. The Bertz CT molecular complexity index is 1160. The maximum atomic E-state index is 10.8. The number of hydrogen-bond donors (Lipinski definition) is 2. The third-order valence-corrected chi connectivity index (χ3v) is 5.00. The van der Waals surface area contributed by atoms with Crippen LogP contribution in [-0.2, 0) is 4.79 Å². The molecule has 1 unspecified atom stereocenters. The van der Waals surface area contributed by atoms with E-state index >= 15 is 0 Å². The Morgan fingerprint density at radius 3 is 2.62 bits per heavy atom. The van der Waals surface area contributed by atoms with Crippen LogP contribution in [0.1, 0.15) is 24.1 Å². The zero-order valence-corrected chi connectivity index (χ0v) is 16.4. The van der Waals surface area contributed by atoms with Gasteiger partial charge in [0.05, 0.1) is 11.6 Å². The normalized spacial score (nSPS) is 11.8. The Morgan fingerprint density at radius 2 is 1.83 bits per heavy atom. The number of rotatable bonds is 6. The summed E-state index contributed by atoms with van der Waals surface area (Å²) in [5.74, 6) is 0.573. The molecule has 29 heavy (non-hydrogen) atoms. The van der Waals surface area contributed by atoms with Gasteiger partial charge in [0.25, 0.3) is 0 Å². The van der Waals surface area contributed by atoms with E-state index in [1.165, 1.54) is 5.56 Å². The van der Waals surface area contributed by atoms with Crippen LogP contribution in [0.2, 0.25) is 0 Å². The van der Waals surface area contributed by atoms with Gasteiger partial charge in [0, 0.05) is 17.3 Å². The van der Waals surface area contributed by atoms with Crippen molar-refractivity contribution in [2.75, 3.05) is 5.32 Å². The van der Waals surface area contributed by atoms with Crippen LogP contribution in [0, 0.1) is 6.92 Å². The van der Waals surface area contributed by atoms with Crippen molar-refractivity contribution in [2.45, 2.75) is 19.9 Å². The van der Waals surface area contributed by atoms with Crippen LogP contribution in [0.3, 0.4) is 0 Å². The Morgan fingerprint density at radius 1 is 1.00 bits per heavy atom. The number of fused-ring (bicyclic) bond motifs is 1. The number of benzene rings is 3. The average molecular weight is 382 g/mol. The van der Waals surface area contributed by atoms with Gasteiger partial charge in [0.1, 0.15) is 0 Å². The van der Waals surface area contributed by atoms with Crippen molar-refractivity contribution in [1.29, 1.82) is 0 Å². The van der Waals surface area contributed by atoms with Crippen LogP contribution < -0.4 is 10.6 Å². The van der Waals surface area contributed by atoms with Gasteiger partial charge in [-0.3, -0.25) is 4.79 Å². The van der Waals surface area contributed by atoms with Crippen LogP contribution >= 0.6 is 0 Å². The van der Waals surface area contributed by atoms with Crippen molar-refractivity contribution in [3.8, 4) is 11.1 Å². The van der Waals surface area contributed by atoms with Gasteiger partial charge in [-0.15, -0.1) is 0 Å². The summed E-state index contributed by atoms with van der Waals surface area (Å²) in [7, 11) is 0. The first-order valence-electron chi connectivity index (χ1n) is 9.53. The lowest BCUT2D eigenvalue weighted by Crippen LogP contribution is -2.16. The quantitative estimate of drug-likeness (QED) is 0.452. The van der Waals surface area contributed by atoms with Crippen LogP contribution in [-0.4, -0.2) is 16.4 Å². The first kappa shape index (κ1) is 18.6. The lowest BCUT2D eigenvalue weighted by Gasteiger charge is -2.15. The molecule has 0 aliphatic heterocycles. The van der Waals surface area contributed by atoms with Gasteiger partial charge < -0.3 is 10.6 Å². The highest BCUT2D eigenvalue weighted by atomic mass is 16.1. The van der Waals surface area contributed by atoms with E-state index in [1.54, 1.807) is 0 Å². The monoisotopic (exact) mass is 382 g/mol. The van der Waals surface area contributed by atoms with E-state index in [1.807, 2.05) is 55.6 Å².